The maximum atomic E-state index is 13.0. The third-order valence-electron chi connectivity index (χ3n) is 6.33. The number of likely N-dealkylation sites (tertiary alicyclic amines) is 1. The van der Waals surface area contributed by atoms with Crippen molar-refractivity contribution in [2.24, 2.45) is 0 Å². The molecule has 0 unspecified atom stereocenters. The molecule has 222 valence electrons. The second-order valence-corrected chi connectivity index (χ2v) is 10.7. The van der Waals surface area contributed by atoms with E-state index in [0.29, 0.717) is 15.3 Å². The Balaban J connectivity index is 0.000000587. The number of carbonyl (C=O) groups is 2. The van der Waals surface area contributed by atoms with E-state index in [0.717, 1.165) is 44.6 Å². The van der Waals surface area contributed by atoms with E-state index in [9.17, 15) is 31.1 Å². The number of hydrogen-bond acceptors (Lipinski definition) is 5. The Hall–Kier alpha value is -3.58. The van der Waals surface area contributed by atoms with Gasteiger partial charge in [0, 0.05) is 50.3 Å². The van der Waals surface area contributed by atoms with Gasteiger partial charge in [0.15, 0.2) is 0 Å². The van der Waals surface area contributed by atoms with Crippen LogP contribution in [0.3, 0.4) is 0 Å². The molecule has 0 spiro atoms. The second-order valence-electron chi connectivity index (χ2n) is 9.63. The molecular weight excluding hydrogens is 572 g/mol. The van der Waals surface area contributed by atoms with Crippen LogP contribution >= 0.6 is 11.3 Å². The number of carbonyl (C=O) groups excluding carboxylic acids is 1. The monoisotopic (exact) mass is 601 g/mol. The van der Waals surface area contributed by atoms with Gasteiger partial charge in [-0.05, 0) is 60.4 Å². The van der Waals surface area contributed by atoms with Gasteiger partial charge >= 0.3 is 18.3 Å². The van der Waals surface area contributed by atoms with Gasteiger partial charge in [-0.2, -0.15) is 26.3 Å². The number of halogens is 6. The van der Waals surface area contributed by atoms with Crippen molar-refractivity contribution in [2.45, 2.75) is 37.8 Å². The average molecular weight is 602 g/mol. The van der Waals surface area contributed by atoms with Gasteiger partial charge in [0.2, 0.25) is 0 Å². The third-order valence-corrected chi connectivity index (χ3v) is 7.46. The summed E-state index contributed by atoms with van der Waals surface area (Å²) in [5.74, 6) is -2.92. The highest BCUT2D eigenvalue weighted by atomic mass is 32.1. The number of nitrogens with one attached hydrogen (secondary N) is 1. The summed E-state index contributed by atoms with van der Waals surface area (Å²) in [6.07, 6.45) is -7.74. The lowest BCUT2D eigenvalue weighted by Gasteiger charge is -2.32. The highest BCUT2D eigenvalue weighted by Gasteiger charge is 2.38. The smallest absolute Gasteiger partial charge is 0.475 e. The van der Waals surface area contributed by atoms with Crippen molar-refractivity contribution in [3.8, 4) is 10.4 Å². The Morgan fingerprint density at radius 2 is 1.59 bits per heavy atom. The Morgan fingerprint density at radius 3 is 2.12 bits per heavy atom. The zero-order valence-electron chi connectivity index (χ0n) is 22.2. The zero-order valence-corrected chi connectivity index (χ0v) is 23.0. The molecule has 13 heteroatoms. The summed E-state index contributed by atoms with van der Waals surface area (Å²) < 4.78 is 70.8. The van der Waals surface area contributed by atoms with E-state index < -0.39 is 23.9 Å². The molecule has 4 rings (SSSR count). The van der Waals surface area contributed by atoms with E-state index in [1.54, 1.807) is 18.2 Å². The first kappa shape index (κ1) is 31.9. The van der Waals surface area contributed by atoms with E-state index in [-0.39, 0.29) is 11.9 Å². The van der Waals surface area contributed by atoms with Gasteiger partial charge in [0.25, 0.3) is 5.91 Å². The van der Waals surface area contributed by atoms with Gasteiger partial charge in [-0.1, -0.05) is 24.3 Å². The van der Waals surface area contributed by atoms with Crippen molar-refractivity contribution in [2.75, 3.05) is 32.1 Å². The molecule has 2 heterocycles. The van der Waals surface area contributed by atoms with Crippen LogP contribution in [0.25, 0.3) is 10.4 Å². The van der Waals surface area contributed by atoms with Gasteiger partial charge in [-0.15, -0.1) is 11.3 Å². The van der Waals surface area contributed by atoms with E-state index in [2.05, 4.69) is 39.4 Å². The first-order chi connectivity index (χ1) is 19.1. The van der Waals surface area contributed by atoms with Crippen molar-refractivity contribution in [1.29, 1.82) is 0 Å². The minimum absolute atomic E-state index is 0.0963. The molecule has 0 radical (unpaired) electrons. The number of piperidine rings is 1. The Morgan fingerprint density at radius 1 is 0.976 bits per heavy atom. The SMILES string of the molecule is CN(C)c1ccc(CN2CCC(NC(=O)c3ccc(-c4cccc(C(F)(F)F)c4)s3)CC2)cc1.O=C(O)C(F)(F)F. The predicted octanol–water partition coefficient (Wildman–Crippen LogP) is 6.53. The lowest BCUT2D eigenvalue weighted by molar-refractivity contribution is -0.192. The van der Waals surface area contributed by atoms with Gasteiger partial charge in [0.05, 0.1) is 10.4 Å². The molecule has 3 aromatic rings. The molecule has 0 saturated carbocycles. The molecular formula is C28H29F6N3O3S. The van der Waals surface area contributed by atoms with Crippen LogP contribution in [0.2, 0.25) is 0 Å². The average Bonchev–Trinajstić information content (AvgIpc) is 3.40. The standard InChI is InChI=1S/C26H28F3N3OS.C2HF3O2/c1-31(2)22-8-6-18(7-9-22)17-32-14-12-21(13-15-32)30-25(33)24-11-10-23(34-24)19-4-3-5-20(16-19)26(27,28)29;3-2(4,5)1(6)7/h3-11,16,21H,12-15,17H2,1-2H3,(H,30,33);(H,6,7). The molecule has 1 saturated heterocycles. The molecule has 1 fully saturated rings. The van der Waals surface area contributed by atoms with Gasteiger partial charge in [-0.3, -0.25) is 9.69 Å². The Labute approximate surface area is 237 Å². The van der Waals surface area contributed by atoms with E-state index in [4.69, 9.17) is 9.90 Å². The second kappa shape index (κ2) is 13.4. The van der Waals surface area contributed by atoms with Crippen LogP contribution in [0, 0.1) is 0 Å². The highest BCUT2D eigenvalue weighted by molar-refractivity contribution is 7.17. The lowest BCUT2D eigenvalue weighted by atomic mass is 10.0. The molecule has 0 bridgehead atoms. The number of alkyl halides is 6. The third kappa shape index (κ3) is 9.49. The van der Waals surface area contributed by atoms with Crippen LogP contribution in [0.5, 0.6) is 0 Å². The molecule has 0 aliphatic carbocycles. The summed E-state index contributed by atoms with van der Waals surface area (Å²) in [5, 5.41) is 10.2. The Bertz CT molecular complexity index is 1310. The fourth-order valence-corrected chi connectivity index (χ4v) is 5.02. The number of amides is 1. The predicted molar refractivity (Wildman–Crippen MR) is 145 cm³/mol. The molecule has 6 nitrogen and oxygen atoms in total. The number of benzene rings is 2. The van der Waals surface area contributed by atoms with E-state index in [1.807, 2.05) is 14.1 Å². The topological polar surface area (TPSA) is 72.9 Å². The van der Waals surface area contributed by atoms with Gasteiger partial charge in [0.1, 0.15) is 0 Å². The van der Waals surface area contributed by atoms with Crippen LogP contribution in [0.15, 0.2) is 60.7 Å². The summed E-state index contributed by atoms with van der Waals surface area (Å²) in [5.41, 5.74) is 2.22. The molecule has 2 N–H and O–H groups in total. The molecule has 1 amide bonds. The van der Waals surface area contributed by atoms with Crippen molar-refractivity contribution >= 4 is 28.9 Å². The van der Waals surface area contributed by atoms with Crippen molar-refractivity contribution in [3.05, 3.63) is 76.7 Å². The zero-order chi connectivity index (χ0) is 30.4. The summed E-state index contributed by atoms with van der Waals surface area (Å²) in [6, 6.07) is 17.2. The Kier molecular flexibility index (Phi) is 10.4. The molecule has 41 heavy (non-hydrogen) atoms. The number of nitrogens with zero attached hydrogens (tertiary/aromatic N) is 2. The largest absolute Gasteiger partial charge is 0.490 e. The molecule has 1 aromatic heterocycles. The van der Waals surface area contributed by atoms with Crippen LogP contribution in [-0.2, 0) is 17.5 Å². The van der Waals surface area contributed by atoms with Crippen LogP contribution < -0.4 is 10.2 Å². The number of hydrogen-bond donors (Lipinski definition) is 2. The van der Waals surface area contributed by atoms with Crippen molar-refractivity contribution < 1.29 is 41.0 Å². The number of rotatable bonds is 6. The highest BCUT2D eigenvalue weighted by Crippen LogP contribution is 2.34. The number of aliphatic carboxylic acids is 1. The maximum Gasteiger partial charge on any atom is 0.490 e. The van der Waals surface area contributed by atoms with Crippen molar-refractivity contribution in [3.63, 3.8) is 0 Å². The molecule has 1 aliphatic heterocycles. The number of carboxylic acid groups (broad SMARTS) is 1. The minimum atomic E-state index is -5.08. The number of carboxylic acids is 1. The van der Waals surface area contributed by atoms with Crippen LogP contribution in [0.1, 0.15) is 33.6 Å². The fraction of sp³-hybridized carbons (Fsp3) is 0.357. The van der Waals surface area contributed by atoms with Gasteiger partial charge in [-0.25, -0.2) is 4.79 Å². The van der Waals surface area contributed by atoms with E-state index >= 15 is 0 Å². The molecule has 1 aliphatic rings. The summed E-state index contributed by atoms with van der Waals surface area (Å²) in [6.45, 7) is 2.69. The summed E-state index contributed by atoms with van der Waals surface area (Å²) >= 11 is 1.21. The first-order valence-electron chi connectivity index (χ1n) is 12.5. The first-order valence-corrected chi connectivity index (χ1v) is 13.3. The number of anilines is 1. The van der Waals surface area contributed by atoms with E-state index in [1.165, 1.54) is 28.7 Å². The van der Waals surface area contributed by atoms with Gasteiger partial charge < -0.3 is 15.3 Å². The summed E-state index contributed by atoms with van der Waals surface area (Å²) in [7, 11) is 4.05. The molecule has 0 atom stereocenters. The van der Waals surface area contributed by atoms with Crippen LogP contribution in [0.4, 0.5) is 32.0 Å². The number of thiophene rings is 1. The summed E-state index contributed by atoms with van der Waals surface area (Å²) in [4.78, 5) is 27.3. The quantitative estimate of drug-likeness (QED) is 0.315. The van der Waals surface area contributed by atoms with Crippen LogP contribution in [-0.4, -0.2) is 61.3 Å². The lowest BCUT2D eigenvalue weighted by Crippen LogP contribution is -2.44. The maximum absolute atomic E-state index is 13.0. The normalized spacial score (nSPS) is 14.6. The fourth-order valence-electron chi connectivity index (χ4n) is 4.11. The minimum Gasteiger partial charge on any atom is -0.475 e. The van der Waals surface area contributed by atoms with Crippen molar-refractivity contribution in [1.82, 2.24) is 10.2 Å². The molecule has 2 aromatic carbocycles.